The highest BCUT2D eigenvalue weighted by atomic mass is 16.5. The van der Waals surface area contributed by atoms with Crippen molar-refractivity contribution < 1.29 is 9.53 Å². The summed E-state index contributed by atoms with van der Waals surface area (Å²) in [6.07, 6.45) is 0.864. The van der Waals surface area contributed by atoms with Crippen LogP contribution in [0.2, 0.25) is 0 Å². The minimum atomic E-state index is 0.633. The van der Waals surface area contributed by atoms with E-state index in [1.54, 1.807) is 13.2 Å². The molecular formula is C22H16O2. The molecule has 0 heterocycles. The quantitative estimate of drug-likeness (QED) is 0.523. The summed E-state index contributed by atoms with van der Waals surface area (Å²) in [5.74, 6) is 7.11. The summed E-state index contributed by atoms with van der Waals surface area (Å²) in [5.41, 5.74) is 4.18. The van der Waals surface area contributed by atoms with Crippen LogP contribution in [0.25, 0.3) is 11.1 Å². The van der Waals surface area contributed by atoms with Crippen molar-refractivity contribution in [2.45, 2.75) is 0 Å². The first kappa shape index (κ1) is 15.6. The van der Waals surface area contributed by atoms with Crippen LogP contribution in [-0.4, -0.2) is 13.4 Å². The maximum absolute atomic E-state index is 11.4. The average molecular weight is 312 g/mol. The number of carbonyl (C=O) groups is 1. The molecule has 3 rings (SSSR count). The summed E-state index contributed by atoms with van der Waals surface area (Å²) in [4.78, 5) is 11.4. The molecule has 0 aliphatic carbocycles. The first-order valence-corrected chi connectivity index (χ1v) is 7.61. The van der Waals surface area contributed by atoms with Crippen LogP contribution in [0.5, 0.6) is 5.75 Å². The molecule has 24 heavy (non-hydrogen) atoms. The Hall–Kier alpha value is -3.31. The molecule has 0 amide bonds. The topological polar surface area (TPSA) is 26.3 Å². The molecule has 0 N–H and O–H groups in total. The summed E-state index contributed by atoms with van der Waals surface area (Å²) >= 11 is 0. The van der Waals surface area contributed by atoms with Crippen molar-refractivity contribution in [2.75, 3.05) is 7.11 Å². The van der Waals surface area contributed by atoms with E-state index in [-0.39, 0.29) is 0 Å². The van der Waals surface area contributed by atoms with Gasteiger partial charge in [-0.3, -0.25) is 4.79 Å². The largest absolute Gasteiger partial charge is 0.497 e. The lowest BCUT2D eigenvalue weighted by atomic mass is 9.95. The lowest BCUT2D eigenvalue weighted by molar-refractivity contribution is 0.112. The predicted octanol–water partition coefficient (Wildman–Crippen LogP) is 4.57. The number of hydrogen-bond acceptors (Lipinski definition) is 2. The third kappa shape index (κ3) is 3.37. The van der Waals surface area contributed by atoms with Gasteiger partial charge in [-0.05, 0) is 35.9 Å². The fourth-order valence-corrected chi connectivity index (χ4v) is 2.49. The van der Waals surface area contributed by atoms with Crippen molar-refractivity contribution in [3.05, 3.63) is 89.5 Å². The first-order valence-electron chi connectivity index (χ1n) is 7.61. The van der Waals surface area contributed by atoms with Crippen LogP contribution in [0.1, 0.15) is 21.5 Å². The molecule has 0 bridgehead atoms. The van der Waals surface area contributed by atoms with Gasteiger partial charge in [-0.1, -0.05) is 54.3 Å². The zero-order chi connectivity index (χ0) is 16.8. The molecule has 0 fully saturated rings. The van der Waals surface area contributed by atoms with E-state index in [1.807, 2.05) is 66.7 Å². The Bertz CT molecular complexity index is 915. The van der Waals surface area contributed by atoms with Crippen LogP contribution in [0.3, 0.4) is 0 Å². The monoisotopic (exact) mass is 312 g/mol. The van der Waals surface area contributed by atoms with E-state index in [4.69, 9.17) is 4.74 Å². The molecule has 0 aliphatic heterocycles. The van der Waals surface area contributed by atoms with Gasteiger partial charge in [0, 0.05) is 22.3 Å². The highest BCUT2D eigenvalue weighted by molar-refractivity contribution is 5.89. The van der Waals surface area contributed by atoms with E-state index in [1.165, 1.54) is 0 Å². The lowest BCUT2D eigenvalue weighted by Crippen LogP contribution is -1.92. The number of carbonyl (C=O) groups excluding carboxylic acids is 1. The van der Waals surface area contributed by atoms with Gasteiger partial charge in [0.2, 0.25) is 0 Å². The number of methoxy groups -OCH3 is 1. The summed E-state index contributed by atoms with van der Waals surface area (Å²) in [6.45, 7) is 0. The van der Waals surface area contributed by atoms with Gasteiger partial charge in [-0.15, -0.1) is 0 Å². The Morgan fingerprint density at radius 2 is 1.58 bits per heavy atom. The molecule has 0 aromatic heterocycles. The number of rotatable bonds is 3. The number of hydrogen-bond donors (Lipinski definition) is 0. The molecule has 0 radical (unpaired) electrons. The molecule has 0 atom stereocenters. The Balaban J connectivity index is 2.14. The van der Waals surface area contributed by atoms with E-state index in [0.29, 0.717) is 5.56 Å². The molecule has 2 heteroatoms. The number of aldehydes is 1. The molecule has 3 aromatic rings. The standard InChI is InChI=1S/C22H16O2/c1-24-20-14-13-18(12-11-17-7-3-2-4-8-17)22(15-20)21-10-6-5-9-19(21)16-23/h2-10,13-16H,1H3. The van der Waals surface area contributed by atoms with Crippen LogP contribution < -0.4 is 4.74 Å². The van der Waals surface area contributed by atoms with Crippen molar-refractivity contribution in [3.63, 3.8) is 0 Å². The van der Waals surface area contributed by atoms with Crippen molar-refractivity contribution in [1.29, 1.82) is 0 Å². The summed E-state index contributed by atoms with van der Waals surface area (Å²) < 4.78 is 5.33. The van der Waals surface area contributed by atoms with E-state index >= 15 is 0 Å². The summed E-state index contributed by atoms with van der Waals surface area (Å²) in [5, 5.41) is 0. The molecule has 0 saturated carbocycles. The maximum Gasteiger partial charge on any atom is 0.150 e. The van der Waals surface area contributed by atoms with Gasteiger partial charge in [0.15, 0.2) is 6.29 Å². The highest BCUT2D eigenvalue weighted by Crippen LogP contribution is 2.29. The maximum atomic E-state index is 11.4. The zero-order valence-corrected chi connectivity index (χ0v) is 13.3. The Morgan fingerprint density at radius 3 is 2.33 bits per heavy atom. The second-order valence-corrected chi connectivity index (χ2v) is 5.23. The minimum absolute atomic E-state index is 0.633. The molecule has 0 spiro atoms. The number of benzene rings is 3. The third-order valence-electron chi connectivity index (χ3n) is 3.72. The van der Waals surface area contributed by atoms with Gasteiger partial charge in [-0.25, -0.2) is 0 Å². The van der Waals surface area contributed by atoms with Crippen LogP contribution in [-0.2, 0) is 0 Å². The summed E-state index contributed by atoms with van der Waals surface area (Å²) in [6, 6.07) is 23.0. The normalized spacial score (nSPS) is 9.71. The van der Waals surface area contributed by atoms with Crippen LogP contribution in [0, 0.1) is 11.8 Å². The van der Waals surface area contributed by atoms with E-state index in [2.05, 4.69) is 11.8 Å². The SMILES string of the molecule is COc1ccc(C#Cc2ccccc2)c(-c2ccccc2C=O)c1. The van der Waals surface area contributed by atoms with Crippen LogP contribution in [0.15, 0.2) is 72.8 Å². The van der Waals surface area contributed by atoms with E-state index < -0.39 is 0 Å². The van der Waals surface area contributed by atoms with Crippen LogP contribution >= 0.6 is 0 Å². The zero-order valence-electron chi connectivity index (χ0n) is 13.3. The minimum Gasteiger partial charge on any atom is -0.497 e. The highest BCUT2D eigenvalue weighted by Gasteiger charge is 2.09. The first-order chi connectivity index (χ1) is 11.8. The van der Waals surface area contributed by atoms with Crippen molar-refractivity contribution in [3.8, 4) is 28.7 Å². The second kappa shape index (κ2) is 7.30. The van der Waals surface area contributed by atoms with Gasteiger partial charge in [-0.2, -0.15) is 0 Å². The molecular weight excluding hydrogens is 296 g/mol. The average Bonchev–Trinajstić information content (AvgIpc) is 2.67. The fourth-order valence-electron chi connectivity index (χ4n) is 2.49. The van der Waals surface area contributed by atoms with Gasteiger partial charge in [0.05, 0.1) is 7.11 Å². The lowest BCUT2D eigenvalue weighted by Gasteiger charge is -2.10. The van der Waals surface area contributed by atoms with Crippen LogP contribution in [0.4, 0.5) is 0 Å². The van der Waals surface area contributed by atoms with Gasteiger partial charge >= 0.3 is 0 Å². The third-order valence-corrected chi connectivity index (χ3v) is 3.72. The molecule has 2 nitrogen and oxygen atoms in total. The Kier molecular flexibility index (Phi) is 4.74. The molecule has 0 saturated heterocycles. The summed E-state index contributed by atoms with van der Waals surface area (Å²) in [7, 11) is 1.63. The molecule has 0 aliphatic rings. The molecule has 0 unspecified atom stereocenters. The van der Waals surface area contributed by atoms with Gasteiger partial charge in [0.1, 0.15) is 5.75 Å². The van der Waals surface area contributed by atoms with Gasteiger partial charge < -0.3 is 4.74 Å². The van der Waals surface area contributed by atoms with Gasteiger partial charge in [0.25, 0.3) is 0 Å². The number of ether oxygens (including phenoxy) is 1. The predicted molar refractivity (Wildman–Crippen MR) is 96.2 cm³/mol. The molecule has 3 aromatic carbocycles. The van der Waals surface area contributed by atoms with E-state index in [9.17, 15) is 4.79 Å². The Labute approximate surface area is 141 Å². The Morgan fingerprint density at radius 1 is 0.833 bits per heavy atom. The smallest absolute Gasteiger partial charge is 0.150 e. The second-order valence-electron chi connectivity index (χ2n) is 5.23. The van der Waals surface area contributed by atoms with Crippen molar-refractivity contribution in [1.82, 2.24) is 0 Å². The van der Waals surface area contributed by atoms with Crippen molar-refractivity contribution >= 4 is 6.29 Å². The van der Waals surface area contributed by atoms with Crippen molar-refractivity contribution in [2.24, 2.45) is 0 Å². The fraction of sp³-hybridized carbons (Fsp3) is 0.0455. The van der Waals surface area contributed by atoms with E-state index in [0.717, 1.165) is 34.3 Å². The molecule has 116 valence electrons.